The van der Waals surface area contributed by atoms with Gasteiger partial charge in [-0.05, 0) is 30.9 Å². The van der Waals surface area contributed by atoms with Gasteiger partial charge in [0.05, 0.1) is 13.4 Å². The summed E-state index contributed by atoms with van der Waals surface area (Å²) in [6.45, 7) is 1.54. The average molecular weight is 327 g/mol. The number of piperidine rings is 1. The Morgan fingerprint density at radius 2 is 2.32 bits per heavy atom. The lowest BCUT2D eigenvalue weighted by molar-refractivity contribution is 0.0672. The Morgan fingerprint density at radius 3 is 3.00 bits per heavy atom. The summed E-state index contributed by atoms with van der Waals surface area (Å²) in [5.74, 6) is 0.299. The summed E-state index contributed by atoms with van der Waals surface area (Å²) in [5.41, 5.74) is 0.432. The maximum atomic E-state index is 12.6. The number of methoxy groups -OCH3 is 1. The standard InChI is InChI=1S/C14H21N3O4S/c1-21-13-12(6-3-7-15-13)14(18)17-8-4-5-11(10-17)9-16-22(2,19)20/h3,6-7,11,16H,4-5,8-10H2,1-2H3. The van der Waals surface area contributed by atoms with E-state index in [4.69, 9.17) is 4.74 Å². The van der Waals surface area contributed by atoms with Crippen molar-refractivity contribution < 1.29 is 17.9 Å². The summed E-state index contributed by atoms with van der Waals surface area (Å²) in [6, 6.07) is 3.38. The minimum absolute atomic E-state index is 0.120. The number of hydrogen-bond donors (Lipinski definition) is 1. The number of nitrogens with zero attached hydrogens (tertiary/aromatic N) is 2. The number of sulfonamides is 1. The maximum absolute atomic E-state index is 12.6. The summed E-state index contributed by atoms with van der Waals surface area (Å²) in [4.78, 5) is 18.4. The molecule has 7 nitrogen and oxygen atoms in total. The number of rotatable bonds is 5. The summed E-state index contributed by atoms with van der Waals surface area (Å²) < 4.78 is 30.0. The van der Waals surface area contributed by atoms with Crippen molar-refractivity contribution in [2.24, 2.45) is 5.92 Å². The molecule has 1 amide bonds. The van der Waals surface area contributed by atoms with Gasteiger partial charge in [-0.2, -0.15) is 0 Å². The van der Waals surface area contributed by atoms with Gasteiger partial charge in [0, 0.05) is 25.8 Å². The third-order valence-corrected chi connectivity index (χ3v) is 4.33. The zero-order valence-electron chi connectivity index (χ0n) is 12.8. The summed E-state index contributed by atoms with van der Waals surface area (Å²) in [7, 11) is -1.73. The molecule has 1 aromatic rings. The van der Waals surface area contributed by atoms with Gasteiger partial charge in [0.2, 0.25) is 15.9 Å². The maximum Gasteiger partial charge on any atom is 0.259 e. The number of amides is 1. The molecule has 0 aromatic carbocycles. The van der Waals surface area contributed by atoms with Crippen LogP contribution in [-0.2, 0) is 10.0 Å². The number of hydrogen-bond acceptors (Lipinski definition) is 5. The van der Waals surface area contributed by atoms with Crippen LogP contribution in [0.15, 0.2) is 18.3 Å². The molecule has 2 rings (SSSR count). The number of ether oxygens (including phenoxy) is 1. The van der Waals surface area contributed by atoms with Crippen molar-refractivity contribution in [3.63, 3.8) is 0 Å². The Morgan fingerprint density at radius 1 is 1.55 bits per heavy atom. The molecule has 1 unspecified atom stereocenters. The van der Waals surface area contributed by atoms with E-state index in [1.807, 2.05) is 0 Å². The number of likely N-dealkylation sites (tertiary alicyclic amines) is 1. The van der Waals surface area contributed by atoms with E-state index in [0.29, 0.717) is 31.1 Å². The van der Waals surface area contributed by atoms with Crippen molar-refractivity contribution >= 4 is 15.9 Å². The quantitative estimate of drug-likeness (QED) is 0.850. The molecule has 1 aliphatic heterocycles. The Hall–Kier alpha value is -1.67. The van der Waals surface area contributed by atoms with Crippen LogP contribution < -0.4 is 9.46 Å². The van der Waals surface area contributed by atoms with Crippen LogP contribution in [0.5, 0.6) is 5.88 Å². The Kier molecular flexibility index (Phi) is 5.36. The number of carbonyl (C=O) groups excluding carboxylic acids is 1. The summed E-state index contributed by atoms with van der Waals surface area (Å²) in [6.07, 6.45) is 4.46. The summed E-state index contributed by atoms with van der Waals surface area (Å²) >= 11 is 0. The molecule has 1 N–H and O–H groups in total. The lowest BCUT2D eigenvalue weighted by atomic mass is 9.98. The lowest BCUT2D eigenvalue weighted by Gasteiger charge is -2.33. The van der Waals surface area contributed by atoms with Gasteiger partial charge < -0.3 is 9.64 Å². The van der Waals surface area contributed by atoms with Crippen molar-refractivity contribution in [3.05, 3.63) is 23.9 Å². The van der Waals surface area contributed by atoms with Crippen LogP contribution in [0.4, 0.5) is 0 Å². The highest BCUT2D eigenvalue weighted by molar-refractivity contribution is 7.88. The second-order valence-electron chi connectivity index (χ2n) is 5.44. The van der Waals surface area contributed by atoms with Crippen molar-refractivity contribution in [1.29, 1.82) is 0 Å². The van der Waals surface area contributed by atoms with Crippen LogP contribution in [0.25, 0.3) is 0 Å². The minimum atomic E-state index is -3.21. The van der Waals surface area contributed by atoms with Crippen LogP contribution in [0, 0.1) is 5.92 Å². The van der Waals surface area contributed by atoms with E-state index >= 15 is 0 Å². The monoisotopic (exact) mass is 327 g/mol. The first-order valence-corrected chi connectivity index (χ1v) is 9.03. The van der Waals surface area contributed by atoms with E-state index in [9.17, 15) is 13.2 Å². The molecular formula is C14H21N3O4S. The van der Waals surface area contributed by atoms with Gasteiger partial charge in [-0.25, -0.2) is 18.1 Å². The first-order valence-electron chi connectivity index (χ1n) is 7.13. The second-order valence-corrected chi connectivity index (χ2v) is 7.27. The third-order valence-electron chi connectivity index (χ3n) is 3.64. The lowest BCUT2D eigenvalue weighted by Crippen LogP contribution is -2.43. The van der Waals surface area contributed by atoms with Crippen molar-refractivity contribution in [3.8, 4) is 5.88 Å². The highest BCUT2D eigenvalue weighted by Crippen LogP contribution is 2.21. The number of aromatic nitrogens is 1. The Balaban J connectivity index is 2.04. The SMILES string of the molecule is COc1ncccc1C(=O)N1CCCC(CNS(C)(=O)=O)C1. The fourth-order valence-corrected chi connectivity index (χ4v) is 3.11. The molecular weight excluding hydrogens is 306 g/mol. The van der Waals surface area contributed by atoms with Crippen molar-refractivity contribution in [1.82, 2.24) is 14.6 Å². The Bertz CT molecular complexity index is 633. The molecule has 122 valence electrons. The smallest absolute Gasteiger partial charge is 0.259 e. The molecule has 8 heteroatoms. The van der Waals surface area contributed by atoms with E-state index in [1.54, 1.807) is 23.2 Å². The number of carbonyl (C=O) groups is 1. The second kappa shape index (κ2) is 7.06. The van der Waals surface area contributed by atoms with E-state index < -0.39 is 10.0 Å². The molecule has 1 atom stereocenters. The average Bonchev–Trinajstić information content (AvgIpc) is 2.52. The van der Waals surface area contributed by atoms with Crippen LogP contribution in [0.3, 0.4) is 0 Å². The van der Waals surface area contributed by atoms with Gasteiger partial charge in [-0.3, -0.25) is 4.79 Å². The van der Waals surface area contributed by atoms with Gasteiger partial charge in [0.25, 0.3) is 5.91 Å². The van der Waals surface area contributed by atoms with E-state index in [1.165, 1.54) is 7.11 Å². The minimum Gasteiger partial charge on any atom is -0.480 e. The number of pyridine rings is 1. The highest BCUT2D eigenvalue weighted by Gasteiger charge is 2.26. The largest absolute Gasteiger partial charge is 0.480 e. The Labute approximate surface area is 130 Å². The fraction of sp³-hybridized carbons (Fsp3) is 0.571. The van der Waals surface area contributed by atoms with Crippen LogP contribution in [0.2, 0.25) is 0 Å². The molecule has 0 spiro atoms. The molecule has 0 radical (unpaired) electrons. The normalized spacial score (nSPS) is 19.0. The predicted molar refractivity (Wildman–Crippen MR) is 82.3 cm³/mol. The van der Waals surface area contributed by atoms with Crippen LogP contribution >= 0.6 is 0 Å². The summed E-state index contributed by atoms with van der Waals surface area (Å²) in [5, 5.41) is 0. The van der Waals surface area contributed by atoms with Crippen molar-refractivity contribution in [2.45, 2.75) is 12.8 Å². The van der Waals surface area contributed by atoms with Gasteiger partial charge in [-0.15, -0.1) is 0 Å². The first-order chi connectivity index (χ1) is 10.4. The highest BCUT2D eigenvalue weighted by atomic mass is 32.2. The third kappa shape index (κ3) is 4.41. The zero-order chi connectivity index (χ0) is 16.2. The van der Waals surface area contributed by atoms with Crippen LogP contribution in [-0.4, -0.2) is 57.2 Å². The topological polar surface area (TPSA) is 88.6 Å². The van der Waals surface area contributed by atoms with Gasteiger partial charge in [-0.1, -0.05) is 0 Å². The molecule has 1 aliphatic rings. The van der Waals surface area contributed by atoms with Crippen LogP contribution in [0.1, 0.15) is 23.2 Å². The molecule has 0 saturated carbocycles. The zero-order valence-corrected chi connectivity index (χ0v) is 13.6. The molecule has 2 heterocycles. The predicted octanol–water partition coefficient (Wildman–Crippen LogP) is 0.492. The molecule has 0 aliphatic carbocycles. The van der Waals surface area contributed by atoms with E-state index in [2.05, 4.69) is 9.71 Å². The molecule has 0 bridgehead atoms. The van der Waals surface area contributed by atoms with Crippen molar-refractivity contribution in [2.75, 3.05) is 33.0 Å². The first kappa shape index (κ1) is 16.7. The molecule has 1 fully saturated rings. The van der Waals surface area contributed by atoms with Gasteiger partial charge in [0.1, 0.15) is 5.56 Å². The number of nitrogens with one attached hydrogen (secondary N) is 1. The molecule has 1 saturated heterocycles. The van der Waals surface area contributed by atoms with E-state index in [-0.39, 0.29) is 11.8 Å². The van der Waals surface area contributed by atoms with Gasteiger partial charge >= 0.3 is 0 Å². The van der Waals surface area contributed by atoms with Gasteiger partial charge in [0.15, 0.2) is 0 Å². The van der Waals surface area contributed by atoms with E-state index in [0.717, 1.165) is 19.1 Å². The molecule has 22 heavy (non-hydrogen) atoms. The fourth-order valence-electron chi connectivity index (χ4n) is 2.57. The molecule has 1 aromatic heterocycles.